The fourth-order valence-corrected chi connectivity index (χ4v) is 3.38. The second-order valence-electron chi connectivity index (χ2n) is 5.94. The topological polar surface area (TPSA) is 28.6 Å². The molecule has 4 heteroatoms. The summed E-state index contributed by atoms with van der Waals surface area (Å²) in [5.41, 5.74) is 1.36. The molecule has 1 aromatic heterocycles. The number of ether oxygens (including phenoxy) is 1. The van der Waals surface area contributed by atoms with Crippen molar-refractivity contribution >= 4 is 0 Å². The minimum Gasteiger partial charge on any atom is -0.371 e. The van der Waals surface area contributed by atoms with E-state index in [0.29, 0.717) is 0 Å². The molecule has 1 aromatic rings. The van der Waals surface area contributed by atoms with Crippen LogP contribution in [0.2, 0.25) is 0 Å². The van der Waals surface area contributed by atoms with E-state index >= 15 is 0 Å². The highest BCUT2D eigenvalue weighted by atomic mass is 16.5. The van der Waals surface area contributed by atoms with Crippen LogP contribution in [-0.4, -0.2) is 60.2 Å². The van der Waals surface area contributed by atoms with Crippen molar-refractivity contribution in [1.29, 1.82) is 0 Å². The maximum atomic E-state index is 6.15. The molecule has 1 unspecified atom stereocenters. The summed E-state index contributed by atoms with van der Waals surface area (Å²) in [4.78, 5) is 9.11. The Kier molecular flexibility index (Phi) is 3.82. The number of likely N-dealkylation sites (tertiary alicyclic amines) is 1. The van der Waals surface area contributed by atoms with E-state index in [9.17, 15) is 0 Å². The molecule has 4 nitrogen and oxygen atoms in total. The molecule has 0 N–H and O–H groups in total. The zero-order valence-corrected chi connectivity index (χ0v) is 11.7. The first-order chi connectivity index (χ1) is 9.26. The van der Waals surface area contributed by atoms with Gasteiger partial charge in [-0.1, -0.05) is 6.07 Å². The first kappa shape index (κ1) is 13.0. The summed E-state index contributed by atoms with van der Waals surface area (Å²) in [6, 6.07) is 4.17. The third kappa shape index (κ3) is 3.14. The van der Waals surface area contributed by atoms with E-state index in [2.05, 4.69) is 27.9 Å². The second kappa shape index (κ2) is 5.57. The molecule has 1 atom stereocenters. The highest BCUT2D eigenvalue weighted by Crippen LogP contribution is 2.28. The minimum absolute atomic E-state index is 0.0630. The van der Waals surface area contributed by atoms with Crippen molar-refractivity contribution < 1.29 is 4.74 Å². The van der Waals surface area contributed by atoms with Crippen molar-refractivity contribution in [2.45, 2.75) is 25.0 Å². The highest BCUT2D eigenvalue weighted by Gasteiger charge is 2.39. The maximum absolute atomic E-state index is 6.15. The van der Waals surface area contributed by atoms with E-state index in [4.69, 9.17) is 4.74 Å². The summed E-state index contributed by atoms with van der Waals surface area (Å²) >= 11 is 0. The number of piperidine rings is 1. The van der Waals surface area contributed by atoms with Crippen molar-refractivity contribution in [3.05, 3.63) is 30.1 Å². The van der Waals surface area contributed by atoms with Crippen LogP contribution in [0.1, 0.15) is 18.4 Å². The van der Waals surface area contributed by atoms with E-state index < -0.39 is 0 Å². The van der Waals surface area contributed by atoms with E-state index in [0.717, 1.165) is 32.8 Å². The Hall–Kier alpha value is -0.970. The van der Waals surface area contributed by atoms with Crippen molar-refractivity contribution in [2.24, 2.45) is 0 Å². The Bertz CT molecular complexity index is 407. The number of hydrogen-bond donors (Lipinski definition) is 0. The van der Waals surface area contributed by atoms with Crippen LogP contribution in [-0.2, 0) is 11.3 Å². The van der Waals surface area contributed by atoms with Gasteiger partial charge in [0.05, 0.1) is 12.2 Å². The number of rotatable bonds is 2. The van der Waals surface area contributed by atoms with Crippen molar-refractivity contribution in [3.8, 4) is 0 Å². The molecule has 0 aliphatic carbocycles. The molecule has 2 fully saturated rings. The fraction of sp³-hybridized carbons (Fsp3) is 0.667. The predicted molar refractivity (Wildman–Crippen MR) is 74.9 cm³/mol. The predicted octanol–water partition coefficient (Wildman–Crippen LogP) is 1.38. The van der Waals surface area contributed by atoms with Crippen LogP contribution in [0.4, 0.5) is 0 Å². The summed E-state index contributed by atoms with van der Waals surface area (Å²) in [5.74, 6) is 0. The van der Waals surface area contributed by atoms with Gasteiger partial charge in [-0.2, -0.15) is 0 Å². The van der Waals surface area contributed by atoms with Gasteiger partial charge in [-0.3, -0.25) is 9.88 Å². The van der Waals surface area contributed by atoms with Gasteiger partial charge in [-0.05, 0) is 38.1 Å². The lowest BCUT2D eigenvalue weighted by Gasteiger charge is -2.47. The number of aromatic nitrogens is 1. The van der Waals surface area contributed by atoms with Gasteiger partial charge < -0.3 is 9.64 Å². The molecule has 0 radical (unpaired) electrons. The second-order valence-corrected chi connectivity index (χ2v) is 5.94. The molecule has 2 aliphatic heterocycles. The molecular weight excluding hydrogens is 238 g/mol. The molecule has 3 rings (SSSR count). The number of nitrogens with zero attached hydrogens (tertiary/aromatic N) is 3. The molecule has 0 amide bonds. The van der Waals surface area contributed by atoms with Crippen molar-refractivity contribution in [1.82, 2.24) is 14.8 Å². The number of morpholine rings is 1. The summed E-state index contributed by atoms with van der Waals surface area (Å²) in [7, 11) is 2.20. The van der Waals surface area contributed by atoms with Crippen LogP contribution < -0.4 is 0 Å². The van der Waals surface area contributed by atoms with Gasteiger partial charge in [-0.25, -0.2) is 0 Å². The van der Waals surface area contributed by atoms with Gasteiger partial charge in [0.25, 0.3) is 0 Å². The first-order valence-electron chi connectivity index (χ1n) is 7.20. The zero-order valence-electron chi connectivity index (χ0n) is 11.7. The minimum atomic E-state index is 0.0630. The number of likely N-dealkylation sites (N-methyl/N-ethyl adjacent to an activating group) is 1. The molecule has 104 valence electrons. The van der Waals surface area contributed by atoms with E-state index in [1.54, 1.807) is 0 Å². The molecule has 2 aliphatic rings. The van der Waals surface area contributed by atoms with Crippen LogP contribution in [0, 0.1) is 0 Å². The average Bonchev–Trinajstić information content (AvgIpc) is 2.39. The first-order valence-corrected chi connectivity index (χ1v) is 7.20. The summed E-state index contributed by atoms with van der Waals surface area (Å²) in [6.07, 6.45) is 6.24. The standard InChI is InChI=1S/C15H23N3O/c1-17-7-3-5-15(12-17)13-18(8-9-19-15)11-14-4-2-6-16-10-14/h2,4,6,10H,3,5,7-9,11-13H2,1H3. The lowest BCUT2D eigenvalue weighted by molar-refractivity contribution is -0.138. The largest absolute Gasteiger partial charge is 0.371 e. The Morgan fingerprint density at radius 3 is 3.11 bits per heavy atom. The normalized spacial score (nSPS) is 29.7. The summed E-state index contributed by atoms with van der Waals surface area (Å²) < 4.78 is 6.15. The van der Waals surface area contributed by atoms with E-state index in [1.807, 2.05) is 18.5 Å². The van der Waals surface area contributed by atoms with Crippen LogP contribution in [0.25, 0.3) is 0 Å². The van der Waals surface area contributed by atoms with E-state index in [-0.39, 0.29) is 5.60 Å². The van der Waals surface area contributed by atoms with Crippen LogP contribution in [0.5, 0.6) is 0 Å². The Morgan fingerprint density at radius 1 is 1.37 bits per heavy atom. The van der Waals surface area contributed by atoms with Crippen molar-refractivity contribution in [2.75, 3.05) is 39.8 Å². The zero-order chi connectivity index (χ0) is 13.1. The van der Waals surface area contributed by atoms with Gasteiger partial charge in [0, 0.05) is 38.6 Å². The third-order valence-electron chi connectivity index (χ3n) is 4.19. The third-order valence-corrected chi connectivity index (χ3v) is 4.19. The number of hydrogen-bond acceptors (Lipinski definition) is 4. The Labute approximate surface area is 115 Å². The van der Waals surface area contributed by atoms with Gasteiger partial charge >= 0.3 is 0 Å². The fourth-order valence-electron chi connectivity index (χ4n) is 3.38. The van der Waals surface area contributed by atoms with Crippen LogP contribution in [0.3, 0.4) is 0 Å². The van der Waals surface area contributed by atoms with Crippen molar-refractivity contribution in [3.63, 3.8) is 0 Å². The molecule has 3 heterocycles. The highest BCUT2D eigenvalue weighted by molar-refractivity contribution is 5.08. The van der Waals surface area contributed by atoms with Crippen LogP contribution in [0.15, 0.2) is 24.5 Å². The molecule has 1 spiro atoms. The number of pyridine rings is 1. The van der Waals surface area contributed by atoms with Gasteiger partial charge in [0.15, 0.2) is 0 Å². The van der Waals surface area contributed by atoms with E-state index in [1.165, 1.54) is 24.9 Å². The molecule has 0 aromatic carbocycles. The molecular formula is C15H23N3O. The van der Waals surface area contributed by atoms with Gasteiger partial charge in [0.1, 0.15) is 0 Å². The molecule has 0 saturated carbocycles. The Morgan fingerprint density at radius 2 is 2.32 bits per heavy atom. The Balaban J connectivity index is 1.64. The average molecular weight is 261 g/mol. The van der Waals surface area contributed by atoms with Gasteiger partial charge in [0.2, 0.25) is 0 Å². The molecule has 0 bridgehead atoms. The SMILES string of the molecule is CN1CCCC2(C1)CN(Cc1cccnc1)CCO2. The maximum Gasteiger partial charge on any atom is 0.0935 e. The molecule has 19 heavy (non-hydrogen) atoms. The molecule has 2 saturated heterocycles. The van der Waals surface area contributed by atoms with Gasteiger partial charge in [-0.15, -0.1) is 0 Å². The lowest BCUT2D eigenvalue weighted by atomic mass is 9.91. The summed E-state index contributed by atoms with van der Waals surface area (Å²) in [5, 5.41) is 0. The monoisotopic (exact) mass is 261 g/mol. The lowest BCUT2D eigenvalue weighted by Crippen LogP contribution is -2.58. The summed E-state index contributed by atoms with van der Waals surface area (Å²) in [6.45, 7) is 6.19. The quantitative estimate of drug-likeness (QED) is 0.804. The van der Waals surface area contributed by atoms with Crippen LogP contribution >= 0.6 is 0 Å². The smallest absolute Gasteiger partial charge is 0.0935 e.